The molecule has 2 aromatic carbocycles. The maximum absolute atomic E-state index is 10.0. The van der Waals surface area contributed by atoms with Gasteiger partial charge in [-0.1, -0.05) is 36.4 Å². The molecule has 1 aromatic heterocycles. The van der Waals surface area contributed by atoms with Gasteiger partial charge in [0.05, 0.1) is 0 Å². The van der Waals surface area contributed by atoms with Crippen LogP contribution in [-0.2, 0) is 13.1 Å². The van der Waals surface area contributed by atoms with E-state index in [0.717, 1.165) is 54.5 Å². The van der Waals surface area contributed by atoms with Gasteiger partial charge >= 0.3 is 0 Å². The Labute approximate surface area is 153 Å². The van der Waals surface area contributed by atoms with E-state index in [1.807, 2.05) is 54.7 Å². The number of pyridine rings is 1. The molecule has 132 valence electrons. The second kappa shape index (κ2) is 7.45. The van der Waals surface area contributed by atoms with Crippen LogP contribution in [0.3, 0.4) is 0 Å². The van der Waals surface area contributed by atoms with Crippen LogP contribution < -0.4 is 10.6 Å². The first-order valence-electron chi connectivity index (χ1n) is 8.82. The number of fused-ring (bicyclic) bond motifs is 1. The summed E-state index contributed by atoms with van der Waals surface area (Å²) < 4.78 is 0. The van der Waals surface area contributed by atoms with Gasteiger partial charge in [-0.25, -0.2) is 4.98 Å². The maximum Gasteiger partial charge on any atom is 0.132 e. The average Bonchev–Trinajstić information content (AvgIpc) is 2.86. The molecule has 5 heteroatoms. The third-order valence-corrected chi connectivity index (χ3v) is 4.56. The predicted octanol–water partition coefficient (Wildman–Crippen LogP) is 3.96. The number of hydrogen-bond donors (Lipinski definition) is 3. The number of rotatable bonds is 4. The van der Waals surface area contributed by atoms with Crippen LogP contribution >= 0.6 is 0 Å². The highest BCUT2D eigenvalue weighted by Crippen LogP contribution is 2.26. The first kappa shape index (κ1) is 16.4. The van der Waals surface area contributed by atoms with E-state index in [2.05, 4.69) is 26.6 Å². The lowest BCUT2D eigenvalue weighted by molar-refractivity contribution is 0.267. The number of phenols is 1. The van der Waals surface area contributed by atoms with Crippen LogP contribution in [0.4, 0.5) is 17.2 Å². The number of aromatic hydroxyl groups is 1. The van der Waals surface area contributed by atoms with Gasteiger partial charge in [-0.15, -0.1) is 0 Å². The lowest BCUT2D eigenvalue weighted by Crippen LogP contribution is -2.25. The summed E-state index contributed by atoms with van der Waals surface area (Å²) in [6.45, 7) is 3.28. The molecule has 0 saturated carbocycles. The molecule has 0 bridgehead atoms. The third kappa shape index (κ3) is 3.78. The van der Waals surface area contributed by atoms with Crippen LogP contribution in [-0.4, -0.2) is 28.1 Å². The normalized spacial score (nSPS) is 14.2. The predicted molar refractivity (Wildman–Crippen MR) is 105 cm³/mol. The van der Waals surface area contributed by atoms with Crippen molar-refractivity contribution in [1.82, 2.24) is 9.88 Å². The summed E-state index contributed by atoms with van der Waals surface area (Å²) >= 11 is 0. The van der Waals surface area contributed by atoms with Crippen molar-refractivity contribution in [2.24, 2.45) is 0 Å². The molecule has 0 amide bonds. The third-order valence-electron chi connectivity index (χ3n) is 4.56. The van der Waals surface area contributed by atoms with Crippen molar-refractivity contribution < 1.29 is 5.11 Å². The maximum atomic E-state index is 10.0. The average molecular weight is 346 g/mol. The molecule has 0 unspecified atom stereocenters. The van der Waals surface area contributed by atoms with Gasteiger partial charge in [0.2, 0.25) is 0 Å². The number of benzene rings is 2. The van der Waals surface area contributed by atoms with Gasteiger partial charge in [0.25, 0.3) is 0 Å². The molecule has 0 spiro atoms. The summed E-state index contributed by atoms with van der Waals surface area (Å²) in [4.78, 5) is 6.88. The number of aromatic nitrogens is 1. The molecular formula is C21H22N4O. The molecule has 0 fully saturated rings. The van der Waals surface area contributed by atoms with E-state index in [1.165, 1.54) is 0 Å². The fourth-order valence-electron chi connectivity index (χ4n) is 3.20. The van der Waals surface area contributed by atoms with Gasteiger partial charge in [-0.3, -0.25) is 4.90 Å². The topological polar surface area (TPSA) is 60.4 Å². The highest BCUT2D eigenvalue weighted by Gasteiger charge is 2.16. The minimum atomic E-state index is 0.352. The van der Waals surface area contributed by atoms with E-state index >= 15 is 0 Å². The van der Waals surface area contributed by atoms with Gasteiger partial charge in [0.1, 0.15) is 11.6 Å². The first-order valence-corrected chi connectivity index (χ1v) is 8.82. The molecule has 0 saturated heterocycles. The summed E-state index contributed by atoms with van der Waals surface area (Å²) in [5, 5.41) is 16.9. The van der Waals surface area contributed by atoms with E-state index in [0.29, 0.717) is 5.75 Å². The Morgan fingerprint density at radius 3 is 2.73 bits per heavy atom. The van der Waals surface area contributed by atoms with Crippen molar-refractivity contribution in [2.75, 3.05) is 23.7 Å². The minimum Gasteiger partial charge on any atom is -0.508 e. The van der Waals surface area contributed by atoms with Gasteiger partial charge < -0.3 is 15.7 Å². The molecule has 3 aromatic rings. The second-order valence-electron chi connectivity index (χ2n) is 6.48. The Bertz CT molecular complexity index is 882. The number of para-hydroxylation sites is 2. The van der Waals surface area contributed by atoms with E-state index in [1.54, 1.807) is 6.07 Å². The molecule has 0 aliphatic carbocycles. The van der Waals surface area contributed by atoms with E-state index in [-0.39, 0.29) is 0 Å². The van der Waals surface area contributed by atoms with Crippen molar-refractivity contribution in [1.29, 1.82) is 0 Å². The monoisotopic (exact) mass is 346 g/mol. The highest BCUT2D eigenvalue weighted by molar-refractivity contribution is 5.63. The van der Waals surface area contributed by atoms with E-state index < -0.39 is 0 Å². The fourth-order valence-corrected chi connectivity index (χ4v) is 3.20. The zero-order valence-corrected chi connectivity index (χ0v) is 14.5. The molecule has 5 nitrogen and oxygen atoms in total. The zero-order chi connectivity index (χ0) is 17.8. The van der Waals surface area contributed by atoms with Crippen molar-refractivity contribution in [3.63, 3.8) is 0 Å². The van der Waals surface area contributed by atoms with Crippen LogP contribution in [0.2, 0.25) is 0 Å². The lowest BCUT2D eigenvalue weighted by atomic mass is 10.1. The standard InChI is InChI=1S/C21H22N4O/c26-20-9-5-4-6-16(20)14-25-11-10-22-19-12-21(23-13-17(19)15-25)24-18-7-2-1-3-8-18/h1-9,12-13,22,26H,10-11,14-15H2,(H,23,24). The molecular weight excluding hydrogens is 324 g/mol. The SMILES string of the molecule is Oc1ccccc1CN1CCNc2cc(Nc3ccccc3)ncc2C1. The smallest absolute Gasteiger partial charge is 0.132 e. The van der Waals surface area contributed by atoms with Gasteiger partial charge in [-0.2, -0.15) is 0 Å². The zero-order valence-electron chi connectivity index (χ0n) is 14.5. The van der Waals surface area contributed by atoms with Crippen molar-refractivity contribution in [3.8, 4) is 5.75 Å². The summed E-state index contributed by atoms with van der Waals surface area (Å²) in [7, 11) is 0. The number of anilines is 3. The fraction of sp³-hybridized carbons (Fsp3) is 0.190. The lowest BCUT2D eigenvalue weighted by Gasteiger charge is -2.20. The summed E-state index contributed by atoms with van der Waals surface area (Å²) in [6, 6.07) is 19.6. The molecule has 0 atom stereocenters. The highest BCUT2D eigenvalue weighted by atomic mass is 16.3. The van der Waals surface area contributed by atoms with Gasteiger partial charge in [0, 0.05) is 60.9 Å². The van der Waals surface area contributed by atoms with Crippen LogP contribution in [0, 0.1) is 0 Å². The largest absolute Gasteiger partial charge is 0.508 e. The first-order chi connectivity index (χ1) is 12.8. The number of hydrogen-bond acceptors (Lipinski definition) is 5. The Morgan fingerprint density at radius 2 is 1.88 bits per heavy atom. The summed E-state index contributed by atoms with van der Waals surface area (Å²) in [6.07, 6.45) is 1.93. The molecule has 4 rings (SSSR count). The Balaban J connectivity index is 1.49. The molecule has 26 heavy (non-hydrogen) atoms. The van der Waals surface area contributed by atoms with Crippen LogP contribution in [0.25, 0.3) is 0 Å². The molecule has 0 radical (unpaired) electrons. The molecule has 1 aliphatic heterocycles. The van der Waals surface area contributed by atoms with Crippen molar-refractivity contribution >= 4 is 17.2 Å². The van der Waals surface area contributed by atoms with E-state index in [9.17, 15) is 5.11 Å². The Hall–Kier alpha value is -3.05. The van der Waals surface area contributed by atoms with Crippen molar-refractivity contribution in [2.45, 2.75) is 13.1 Å². The van der Waals surface area contributed by atoms with Gasteiger partial charge in [0.15, 0.2) is 0 Å². The van der Waals surface area contributed by atoms with E-state index in [4.69, 9.17) is 0 Å². The molecule has 1 aliphatic rings. The minimum absolute atomic E-state index is 0.352. The van der Waals surface area contributed by atoms with Crippen molar-refractivity contribution in [3.05, 3.63) is 78.0 Å². The van der Waals surface area contributed by atoms with Crippen LogP contribution in [0.5, 0.6) is 5.75 Å². The summed E-state index contributed by atoms with van der Waals surface area (Å²) in [5.74, 6) is 1.18. The number of nitrogens with zero attached hydrogens (tertiary/aromatic N) is 2. The molecule has 2 heterocycles. The number of phenolic OH excluding ortho intramolecular Hbond substituents is 1. The summed E-state index contributed by atoms with van der Waals surface area (Å²) in [5.41, 5.74) is 4.25. The van der Waals surface area contributed by atoms with Crippen LogP contribution in [0.1, 0.15) is 11.1 Å². The van der Waals surface area contributed by atoms with Crippen LogP contribution in [0.15, 0.2) is 66.9 Å². The quantitative estimate of drug-likeness (QED) is 0.667. The second-order valence-corrected chi connectivity index (χ2v) is 6.48. The van der Waals surface area contributed by atoms with Gasteiger partial charge in [-0.05, 0) is 18.2 Å². The Morgan fingerprint density at radius 1 is 1.08 bits per heavy atom. The molecule has 3 N–H and O–H groups in total. The number of nitrogens with one attached hydrogen (secondary N) is 2. The Kier molecular flexibility index (Phi) is 4.71.